The molecule has 0 radical (unpaired) electrons. The zero-order valence-corrected chi connectivity index (χ0v) is 22.8. The van der Waals surface area contributed by atoms with Crippen LogP contribution in [0.4, 0.5) is 0 Å². The van der Waals surface area contributed by atoms with E-state index < -0.39 is 0 Å². The van der Waals surface area contributed by atoms with Crippen molar-refractivity contribution in [2.45, 2.75) is 44.9 Å². The number of rotatable bonds is 4. The number of fused-ring (bicyclic) bond motifs is 3. The van der Waals surface area contributed by atoms with Gasteiger partial charge in [0.15, 0.2) is 6.20 Å². The number of hydrogen-bond acceptors (Lipinski definition) is 1. The van der Waals surface area contributed by atoms with E-state index in [0.29, 0.717) is 0 Å². The van der Waals surface area contributed by atoms with Crippen molar-refractivity contribution in [1.29, 1.82) is 0 Å². The van der Waals surface area contributed by atoms with E-state index in [1.165, 1.54) is 65.5 Å². The largest absolute Gasteiger partial charge is 0.455 e. The first kappa shape index (κ1) is 23.9. The number of nitrogens with zero attached hydrogens (tertiary/aromatic N) is 1. The van der Waals surface area contributed by atoms with Crippen molar-refractivity contribution in [3.63, 3.8) is 0 Å². The summed E-state index contributed by atoms with van der Waals surface area (Å²) in [4.78, 5) is 0. The molecule has 2 nitrogen and oxygen atoms in total. The monoisotopic (exact) mass is 508 g/mol. The second-order valence-electron chi connectivity index (χ2n) is 11.2. The summed E-state index contributed by atoms with van der Waals surface area (Å²) >= 11 is 0. The molecule has 1 fully saturated rings. The van der Waals surface area contributed by atoms with E-state index in [-0.39, 0.29) is 0 Å². The Kier molecular flexibility index (Phi) is 6.04. The van der Waals surface area contributed by atoms with Gasteiger partial charge in [-0.05, 0) is 77.3 Å². The zero-order chi connectivity index (χ0) is 26.3. The lowest BCUT2D eigenvalue weighted by Gasteiger charge is -2.22. The molecule has 0 spiro atoms. The Bertz CT molecular complexity index is 1780. The molecule has 39 heavy (non-hydrogen) atoms. The molecule has 7 rings (SSSR count). The van der Waals surface area contributed by atoms with Crippen molar-refractivity contribution in [2.75, 3.05) is 0 Å². The maximum atomic E-state index is 6.58. The number of pyridine rings is 1. The molecule has 2 heterocycles. The highest BCUT2D eigenvalue weighted by atomic mass is 16.3. The van der Waals surface area contributed by atoms with Crippen molar-refractivity contribution >= 4 is 21.9 Å². The lowest BCUT2D eigenvalue weighted by molar-refractivity contribution is -0.660. The average Bonchev–Trinajstić information content (AvgIpc) is 3.36. The Morgan fingerprint density at radius 2 is 1.31 bits per heavy atom. The minimum Gasteiger partial charge on any atom is -0.455 e. The van der Waals surface area contributed by atoms with Crippen LogP contribution in [0.15, 0.2) is 108 Å². The maximum absolute atomic E-state index is 6.58. The lowest BCUT2D eigenvalue weighted by atomic mass is 9.83. The quantitative estimate of drug-likeness (QED) is 0.217. The van der Waals surface area contributed by atoms with Gasteiger partial charge >= 0.3 is 0 Å². The van der Waals surface area contributed by atoms with Gasteiger partial charge in [-0.1, -0.05) is 86.0 Å². The number of furan rings is 1. The molecule has 0 atom stereocenters. The van der Waals surface area contributed by atoms with Crippen molar-refractivity contribution in [2.24, 2.45) is 7.05 Å². The third-order valence-corrected chi connectivity index (χ3v) is 8.70. The normalized spacial score (nSPS) is 14.3. The SMILES string of the molecule is Cc1ccc2c(oc3cc(-c4ccc(-c5ccc(C6CCCCC6)cc5)cc4)ccc32)c1-c1cccc[n+]1C. The van der Waals surface area contributed by atoms with E-state index in [2.05, 4.69) is 122 Å². The van der Waals surface area contributed by atoms with Crippen LogP contribution in [-0.4, -0.2) is 0 Å². The van der Waals surface area contributed by atoms with Crippen LogP contribution in [0.1, 0.15) is 49.1 Å². The van der Waals surface area contributed by atoms with Crippen LogP contribution < -0.4 is 4.57 Å². The molecule has 1 saturated carbocycles. The Morgan fingerprint density at radius 3 is 2.03 bits per heavy atom. The Hall–Kier alpha value is -4.17. The Labute approximate surface area is 230 Å². The minimum absolute atomic E-state index is 0.749. The summed E-state index contributed by atoms with van der Waals surface area (Å²) in [6.07, 6.45) is 8.92. The molecular weight excluding hydrogens is 474 g/mol. The van der Waals surface area contributed by atoms with Crippen LogP contribution in [0.2, 0.25) is 0 Å². The van der Waals surface area contributed by atoms with Gasteiger partial charge in [-0.15, -0.1) is 0 Å². The molecule has 0 amide bonds. The summed E-state index contributed by atoms with van der Waals surface area (Å²) in [5, 5.41) is 2.32. The van der Waals surface area contributed by atoms with E-state index in [1.54, 1.807) is 0 Å². The van der Waals surface area contributed by atoms with Gasteiger partial charge in [0.1, 0.15) is 18.2 Å². The number of aryl methyl sites for hydroxylation is 2. The predicted octanol–water partition coefficient (Wildman–Crippen LogP) is 9.77. The highest BCUT2D eigenvalue weighted by molar-refractivity contribution is 6.10. The average molecular weight is 509 g/mol. The molecule has 4 aromatic carbocycles. The fourth-order valence-corrected chi connectivity index (χ4v) is 6.46. The summed E-state index contributed by atoms with van der Waals surface area (Å²) in [5.41, 5.74) is 11.8. The van der Waals surface area contributed by atoms with Crippen molar-refractivity contribution in [3.05, 3.63) is 114 Å². The van der Waals surface area contributed by atoms with Crippen LogP contribution >= 0.6 is 0 Å². The highest BCUT2D eigenvalue weighted by Crippen LogP contribution is 2.39. The second kappa shape index (κ2) is 9.85. The lowest BCUT2D eigenvalue weighted by Crippen LogP contribution is -2.30. The summed E-state index contributed by atoms with van der Waals surface area (Å²) in [7, 11) is 2.09. The van der Waals surface area contributed by atoms with Gasteiger partial charge in [-0.25, -0.2) is 4.57 Å². The molecule has 192 valence electrons. The van der Waals surface area contributed by atoms with Crippen LogP contribution in [0, 0.1) is 6.92 Å². The van der Waals surface area contributed by atoms with Gasteiger partial charge in [-0.2, -0.15) is 0 Å². The number of hydrogen-bond donors (Lipinski definition) is 0. The third-order valence-electron chi connectivity index (χ3n) is 8.70. The first-order chi connectivity index (χ1) is 19.2. The van der Waals surface area contributed by atoms with E-state index in [1.807, 2.05) is 0 Å². The molecule has 0 saturated heterocycles. The molecule has 0 unspecified atom stereocenters. The molecule has 6 aromatic rings. The molecule has 1 aliphatic rings. The summed E-state index contributed by atoms with van der Waals surface area (Å²) in [6.45, 7) is 2.16. The smallest absolute Gasteiger partial charge is 0.216 e. The van der Waals surface area contributed by atoms with Gasteiger partial charge in [0.2, 0.25) is 5.69 Å². The van der Waals surface area contributed by atoms with Crippen LogP contribution in [-0.2, 0) is 7.05 Å². The third kappa shape index (κ3) is 4.34. The molecular formula is C37H34NO+. The predicted molar refractivity (Wildman–Crippen MR) is 162 cm³/mol. The van der Waals surface area contributed by atoms with Crippen molar-refractivity contribution < 1.29 is 8.98 Å². The Balaban J connectivity index is 1.21. The first-order valence-corrected chi connectivity index (χ1v) is 14.3. The van der Waals surface area contributed by atoms with Crippen LogP contribution in [0.5, 0.6) is 0 Å². The molecule has 2 aromatic heterocycles. The second-order valence-corrected chi connectivity index (χ2v) is 11.2. The van der Waals surface area contributed by atoms with Crippen molar-refractivity contribution in [3.8, 4) is 33.5 Å². The molecule has 0 bridgehead atoms. The van der Waals surface area contributed by atoms with Gasteiger partial charge in [0, 0.05) is 22.9 Å². The minimum atomic E-state index is 0.749. The number of benzene rings is 4. The maximum Gasteiger partial charge on any atom is 0.216 e. The molecule has 0 N–H and O–H groups in total. The zero-order valence-electron chi connectivity index (χ0n) is 22.8. The standard InChI is InChI=1S/C37H34NO/c1-25-11-21-33-32-22-20-31(24-35(32)39-37(33)36(25)34-10-6-7-23-38(34)2)30-18-16-29(17-19-30)28-14-12-27(13-15-28)26-8-4-3-5-9-26/h6-7,10-24,26H,3-5,8-9H2,1-2H3/q+1. The Morgan fingerprint density at radius 1 is 0.667 bits per heavy atom. The first-order valence-electron chi connectivity index (χ1n) is 14.3. The van der Waals surface area contributed by atoms with Gasteiger partial charge in [0.05, 0.1) is 5.56 Å². The molecule has 2 heteroatoms. The van der Waals surface area contributed by atoms with Gasteiger partial charge in [0.25, 0.3) is 0 Å². The summed E-state index contributed by atoms with van der Waals surface area (Å²) in [5.74, 6) is 0.749. The van der Waals surface area contributed by atoms with Crippen LogP contribution in [0.3, 0.4) is 0 Å². The summed E-state index contributed by atoms with van der Waals surface area (Å²) < 4.78 is 8.74. The van der Waals surface area contributed by atoms with Gasteiger partial charge in [-0.3, -0.25) is 0 Å². The van der Waals surface area contributed by atoms with Crippen molar-refractivity contribution in [1.82, 2.24) is 0 Å². The van der Waals surface area contributed by atoms with E-state index >= 15 is 0 Å². The topological polar surface area (TPSA) is 17.0 Å². The molecule has 1 aliphatic carbocycles. The fraction of sp³-hybridized carbons (Fsp3) is 0.216. The van der Waals surface area contributed by atoms with E-state index in [4.69, 9.17) is 4.42 Å². The van der Waals surface area contributed by atoms with Gasteiger partial charge < -0.3 is 4.42 Å². The van der Waals surface area contributed by atoms with E-state index in [9.17, 15) is 0 Å². The fourth-order valence-electron chi connectivity index (χ4n) is 6.46. The van der Waals surface area contributed by atoms with E-state index in [0.717, 1.165) is 39.1 Å². The van der Waals surface area contributed by atoms with Crippen LogP contribution in [0.25, 0.3) is 55.4 Å². The summed E-state index contributed by atoms with van der Waals surface area (Å²) in [6, 6.07) is 35.5. The number of aromatic nitrogens is 1. The molecule has 0 aliphatic heterocycles. The highest BCUT2D eigenvalue weighted by Gasteiger charge is 2.20.